The van der Waals surface area contributed by atoms with E-state index in [9.17, 15) is 0 Å². The van der Waals surface area contributed by atoms with Crippen molar-refractivity contribution < 1.29 is 4.74 Å². The van der Waals surface area contributed by atoms with E-state index in [1.54, 1.807) is 0 Å². The first-order valence-electron chi connectivity index (χ1n) is 7.40. The van der Waals surface area contributed by atoms with Crippen LogP contribution in [0.1, 0.15) is 31.2 Å². The maximum absolute atomic E-state index is 5.66. The molecule has 2 nitrogen and oxygen atoms in total. The quantitative estimate of drug-likeness (QED) is 0.864. The summed E-state index contributed by atoms with van der Waals surface area (Å²) in [5.41, 5.74) is 2.58. The van der Waals surface area contributed by atoms with Gasteiger partial charge in [0.05, 0.1) is 12.3 Å². The second-order valence-corrected chi connectivity index (χ2v) is 5.35. The molecule has 2 aromatic carbocycles. The molecular weight excluding hydrogens is 246 g/mol. The molecule has 2 aromatic rings. The van der Waals surface area contributed by atoms with Gasteiger partial charge in [0.2, 0.25) is 0 Å². The molecule has 0 amide bonds. The molecule has 0 saturated heterocycles. The van der Waals surface area contributed by atoms with Gasteiger partial charge in [-0.2, -0.15) is 0 Å². The fourth-order valence-corrected chi connectivity index (χ4v) is 2.82. The van der Waals surface area contributed by atoms with Crippen LogP contribution in [0, 0.1) is 0 Å². The molecule has 20 heavy (non-hydrogen) atoms. The molecule has 2 heteroatoms. The Morgan fingerprint density at radius 2 is 1.70 bits per heavy atom. The fraction of sp³-hybridized carbons (Fsp3) is 0.333. The van der Waals surface area contributed by atoms with Crippen molar-refractivity contribution in [3.05, 3.63) is 60.2 Å². The Hall–Kier alpha value is -1.96. The third-order valence-electron chi connectivity index (χ3n) is 3.96. The van der Waals surface area contributed by atoms with E-state index in [1.807, 2.05) is 19.1 Å². The normalized spacial score (nSPS) is 21.1. The molecule has 0 unspecified atom stereocenters. The van der Waals surface area contributed by atoms with E-state index in [1.165, 1.54) is 18.4 Å². The van der Waals surface area contributed by atoms with Crippen molar-refractivity contribution in [1.29, 1.82) is 0 Å². The minimum Gasteiger partial charge on any atom is -0.492 e. The van der Waals surface area contributed by atoms with Gasteiger partial charge in [0.25, 0.3) is 0 Å². The highest BCUT2D eigenvalue weighted by Gasteiger charge is 2.30. The number of anilines is 1. The average molecular weight is 267 g/mol. The van der Waals surface area contributed by atoms with E-state index in [2.05, 4.69) is 47.8 Å². The zero-order valence-electron chi connectivity index (χ0n) is 11.9. The van der Waals surface area contributed by atoms with Gasteiger partial charge in [-0.3, -0.25) is 0 Å². The predicted octanol–water partition coefficient (Wildman–Crippen LogP) is 4.44. The molecule has 104 valence electrons. The van der Waals surface area contributed by atoms with Crippen LogP contribution >= 0.6 is 0 Å². The first-order chi connectivity index (χ1) is 9.86. The number of ether oxygens (including phenoxy) is 1. The van der Waals surface area contributed by atoms with E-state index in [0.717, 1.165) is 11.4 Å². The molecule has 1 aliphatic rings. The molecule has 1 saturated carbocycles. The summed E-state index contributed by atoms with van der Waals surface area (Å²) in [6, 6.07) is 19.5. The number of nitrogens with one attached hydrogen (secondary N) is 1. The first-order valence-corrected chi connectivity index (χ1v) is 7.40. The number of hydrogen-bond donors (Lipinski definition) is 1. The summed E-state index contributed by atoms with van der Waals surface area (Å²) in [5.74, 6) is 1.66. The number of benzene rings is 2. The zero-order chi connectivity index (χ0) is 13.8. The Kier molecular flexibility index (Phi) is 3.91. The van der Waals surface area contributed by atoms with Crippen LogP contribution < -0.4 is 10.1 Å². The molecule has 0 atom stereocenters. The van der Waals surface area contributed by atoms with Crippen molar-refractivity contribution in [2.75, 3.05) is 11.9 Å². The van der Waals surface area contributed by atoms with Crippen molar-refractivity contribution in [1.82, 2.24) is 0 Å². The Morgan fingerprint density at radius 1 is 1.00 bits per heavy atom. The predicted molar refractivity (Wildman–Crippen MR) is 83.4 cm³/mol. The SMILES string of the molecule is CCOc1ccccc1NC1CC(c2ccccc2)C1. The zero-order valence-corrected chi connectivity index (χ0v) is 11.9. The molecule has 0 aromatic heterocycles. The van der Waals surface area contributed by atoms with Crippen LogP contribution in [0.25, 0.3) is 0 Å². The number of hydrogen-bond acceptors (Lipinski definition) is 2. The second kappa shape index (κ2) is 6.00. The van der Waals surface area contributed by atoms with Crippen LogP contribution in [-0.4, -0.2) is 12.6 Å². The lowest BCUT2D eigenvalue weighted by atomic mass is 9.76. The van der Waals surface area contributed by atoms with E-state index in [4.69, 9.17) is 4.74 Å². The highest BCUT2D eigenvalue weighted by Crippen LogP contribution is 2.39. The van der Waals surface area contributed by atoms with Crippen molar-refractivity contribution in [3.8, 4) is 5.75 Å². The minimum absolute atomic E-state index is 0.557. The first kappa shape index (κ1) is 13.0. The monoisotopic (exact) mass is 267 g/mol. The maximum Gasteiger partial charge on any atom is 0.142 e. The van der Waals surface area contributed by atoms with Crippen molar-refractivity contribution in [2.45, 2.75) is 31.7 Å². The van der Waals surface area contributed by atoms with Gasteiger partial charge in [-0.1, -0.05) is 42.5 Å². The van der Waals surface area contributed by atoms with Crippen LogP contribution in [0.5, 0.6) is 5.75 Å². The van der Waals surface area contributed by atoms with Gasteiger partial charge < -0.3 is 10.1 Å². The summed E-state index contributed by atoms with van der Waals surface area (Å²) in [4.78, 5) is 0. The lowest BCUT2D eigenvalue weighted by molar-refractivity contribution is 0.337. The highest BCUT2D eigenvalue weighted by atomic mass is 16.5. The number of para-hydroxylation sites is 2. The van der Waals surface area contributed by atoms with Crippen molar-refractivity contribution in [2.24, 2.45) is 0 Å². The van der Waals surface area contributed by atoms with E-state index in [0.29, 0.717) is 18.6 Å². The summed E-state index contributed by atoms with van der Waals surface area (Å²) < 4.78 is 5.66. The maximum atomic E-state index is 5.66. The topological polar surface area (TPSA) is 21.3 Å². The lowest BCUT2D eigenvalue weighted by Gasteiger charge is -2.37. The lowest BCUT2D eigenvalue weighted by Crippen LogP contribution is -2.34. The molecule has 1 fully saturated rings. The van der Waals surface area contributed by atoms with Crippen LogP contribution in [0.15, 0.2) is 54.6 Å². The summed E-state index contributed by atoms with van der Waals surface area (Å²) >= 11 is 0. The smallest absolute Gasteiger partial charge is 0.142 e. The van der Waals surface area contributed by atoms with Crippen molar-refractivity contribution >= 4 is 5.69 Å². The van der Waals surface area contributed by atoms with Crippen LogP contribution in [0.3, 0.4) is 0 Å². The fourth-order valence-electron chi connectivity index (χ4n) is 2.82. The van der Waals surface area contributed by atoms with Gasteiger partial charge in [0.15, 0.2) is 0 Å². The van der Waals surface area contributed by atoms with Crippen molar-refractivity contribution in [3.63, 3.8) is 0 Å². The molecule has 0 bridgehead atoms. The van der Waals surface area contributed by atoms with Gasteiger partial charge in [-0.05, 0) is 43.4 Å². The largest absolute Gasteiger partial charge is 0.492 e. The molecule has 3 rings (SSSR count). The Morgan fingerprint density at radius 3 is 2.45 bits per heavy atom. The van der Waals surface area contributed by atoms with E-state index in [-0.39, 0.29) is 0 Å². The number of rotatable bonds is 5. The Labute approximate surface area is 120 Å². The summed E-state index contributed by atoms with van der Waals surface area (Å²) in [5, 5.41) is 3.61. The van der Waals surface area contributed by atoms with Gasteiger partial charge in [-0.15, -0.1) is 0 Å². The van der Waals surface area contributed by atoms with Crippen LogP contribution in [0.4, 0.5) is 5.69 Å². The summed E-state index contributed by atoms with van der Waals surface area (Å²) in [7, 11) is 0. The highest BCUT2D eigenvalue weighted by molar-refractivity contribution is 5.57. The molecule has 1 N–H and O–H groups in total. The van der Waals surface area contributed by atoms with Gasteiger partial charge >= 0.3 is 0 Å². The molecule has 0 radical (unpaired) electrons. The van der Waals surface area contributed by atoms with Crippen LogP contribution in [-0.2, 0) is 0 Å². The van der Waals surface area contributed by atoms with Gasteiger partial charge in [0.1, 0.15) is 5.75 Å². The summed E-state index contributed by atoms with van der Waals surface area (Å²) in [6.45, 7) is 2.72. The van der Waals surface area contributed by atoms with Gasteiger partial charge in [0, 0.05) is 6.04 Å². The molecule has 0 spiro atoms. The molecule has 0 heterocycles. The Balaban J connectivity index is 1.59. The van der Waals surface area contributed by atoms with Crippen LogP contribution in [0.2, 0.25) is 0 Å². The third kappa shape index (κ3) is 2.79. The molecule has 1 aliphatic carbocycles. The average Bonchev–Trinajstić information content (AvgIpc) is 2.45. The summed E-state index contributed by atoms with van der Waals surface area (Å²) in [6.07, 6.45) is 2.40. The molecule has 0 aliphatic heterocycles. The minimum atomic E-state index is 0.557. The van der Waals surface area contributed by atoms with E-state index >= 15 is 0 Å². The Bertz CT molecular complexity index is 546. The van der Waals surface area contributed by atoms with E-state index < -0.39 is 0 Å². The standard InChI is InChI=1S/C18H21NO/c1-2-20-18-11-7-6-10-17(18)19-16-12-15(13-16)14-8-4-3-5-9-14/h3-11,15-16,19H,2,12-13H2,1H3. The molecular formula is C18H21NO. The second-order valence-electron chi connectivity index (χ2n) is 5.35. The third-order valence-corrected chi connectivity index (χ3v) is 3.96. The van der Waals surface area contributed by atoms with Gasteiger partial charge in [-0.25, -0.2) is 0 Å².